The van der Waals surface area contributed by atoms with Crippen molar-refractivity contribution in [2.75, 3.05) is 13.2 Å². The van der Waals surface area contributed by atoms with Gasteiger partial charge in [-0.15, -0.1) is 0 Å². The van der Waals surface area contributed by atoms with Crippen LogP contribution in [0.5, 0.6) is 0 Å². The van der Waals surface area contributed by atoms with Gasteiger partial charge in [-0.3, -0.25) is 0 Å². The third kappa shape index (κ3) is 7.20. The third-order valence-corrected chi connectivity index (χ3v) is 7.77. The Kier molecular flexibility index (Phi) is 8.51. The summed E-state index contributed by atoms with van der Waals surface area (Å²) in [6.07, 6.45) is 5.99. The summed E-state index contributed by atoms with van der Waals surface area (Å²) in [6, 6.07) is 0. The molecule has 7 atom stereocenters. The molecule has 0 aromatic heterocycles. The van der Waals surface area contributed by atoms with Crippen LogP contribution in [0.1, 0.15) is 101 Å². The lowest BCUT2D eigenvalue weighted by atomic mass is 9.90. The van der Waals surface area contributed by atoms with Gasteiger partial charge in [0, 0.05) is 0 Å². The molecule has 0 radical (unpaired) electrons. The van der Waals surface area contributed by atoms with Crippen LogP contribution in [0, 0.1) is 5.92 Å². The molecule has 4 heterocycles. The second-order valence-corrected chi connectivity index (χ2v) is 12.8. The molecule has 0 amide bonds. The maximum Gasteiger partial charge on any atom is 0.163 e. The number of rotatable bonds is 10. The molecule has 4 fully saturated rings. The monoisotopic (exact) mass is 514 g/mol. The summed E-state index contributed by atoms with van der Waals surface area (Å²) in [6.45, 7) is 19.1. The van der Waals surface area contributed by atoms with Crippen molar-refractivity contribution >= 4 is 0 Å². The first-order chi connectivity index (χ1) is 16.7. The molecule has 0 aromatic rings. The highest BCUT2D eigenvalue weighted by Gasteiger charge is 2.50. The third-order valence-electron chi connectivity index (χ3n) is 7.77. The van der Waals surface area contributed by atoms with Gasteiger partial charge in [0.05, 0.1) is 25.4 Å². The second-order valence-electron chi connectivity index (χ2n) is 12.8. The smallest absolute Gasteiger partial charge is 0.163 e. The Morgan fingerprint density at radius 1 is 0.583 bits per heavy atom. The molecule has 0 aliphatic carbocycles. The Morgan fingerprint density at radius 2 is 1.06 bits per heavy atom. The van der Waals surface area contributed by atoms with Gasteiger partial charge in [-0.1, -0.05) is 26.2 Å². The predicted molar refractivity (Wildman–Crippen MR) is 134 cm³/mol. The predicted octanol–water partition coefficient (Wildman–Crippen LogP) is 5.31. The fourth-order valence-electron chi connectivity index (χ4n) is 6.12. The lowest BCUT2D eigenvalue weighted by Gasteiger charge is -2.25. The minimum absolute atomic E-state index is 0.0103. The highest BCUT2D eigenvalue weighted by Crippen LogP contribution is 2.39. The highest BCUT2D eigenvalue weighted by atomic mass is 16.8. The van der Waals surface area contributed by atoms with E-state index in [0.717, 1.165) is 38.5 Å². The van der Waals surface area contributed by atoms with Crippen LogP contribution in [0.4, 0.5) is 0 Å². The van der Waals surface area contributed by atoms with Gasteiger partial charge >= 0.3 is 0 Å². The van der Waals surface area contributed by atoms with E-state index >= 15 is 0 Å². The molecule has 0 saturated carbocycles. The standard InChI is InChI=1S/C28H50O8/c1-10-18(14-15-20-24(36-28(8,9)32-20)22-17-30-26(4,5)34-22)12-11-13-19-23(35-27(6,7)31-19)21-16-29-25(2,3)33-21/h18-24H,10-17H2,1-9H3. The van der Waals surface area contributed by atoms with Gasteiger partial charge in [0.1, 0.15) is 24.4 Å². The number of ether oxygens (including phenoxy) is 8. The first-order valence-electron chi connectivity index (χ1n) is 14.0. The summed E-state index contributed by atoms with van der Waals surface area (Å²) < 4.78 is 49.0. The topological polar surface area (TPSA) is 73.8 Å². The minimum atomic E-state index is -0.602. The highest BCUT2D eigenvalue weighted by molar-refractivity contribution is 4.92. The van der Waals surface area contributed by atoms with Crippen LogP contribution in [0.25, 0.3) is 0 Å². The normalized spacial score (nSPS) is 39.6. The van der Waals surface area contributed by atoms with Crippen LogP contribution >= 0.6 is 0 Å². The fourth-order valence-corrected chi connectivity index (χ4v) is 6.12. The van der Waals surface area contributed by atoms with E-state index in [-0.39, 0.29) is 36.6 Å². The summed E-state index contributed by atoms with van der Waals surface area (Å²) in [5, 5.41) is 0. The summed E-state index contributed by atoms with van der Waals surface area (Å²) in [5.74, 6) is -1.72. The lowest BCUT2D eigenvalue weighted by molar-refractivity contribution is -0.174. The largest absolute Gasteiger partial charge is 0.348 e. The van der Waals surface area contributed by atoms with Crippen molar-refractivity contribution in [3.8, 4) is 0 Å². The molecular formula is C28H50O8. The Morgan fingerprint density at radius 3 is 1.47 bits per heavy atom. The summed E-state index contributed by atoms with van der Waals surface area (Å²) in [7, 11) is 0. The molecule has 0 bridgehead atoms. The zero-order chi connectivity index (χ0) is 26.4. The first kappa shape index (κ1) is 28.7. The van der Waals surface area contributed by atoms with Crippen molar-refractivity contribution in [1.29, 1.82) is 0 Å². The van der Waals surface area contributed by atoms with Gasteiger partial charge in [0.2, 0.25) is 0 Å². The van der Waals surface area contributed by atoms with Gasteiger partial charge in [-0.25, -0.2) is 0 Å². The van der Waals surface area contributed by atoms with Gasteiger partial charge in [-0.2, -0.15) is 0 Å². The molecule has 4 aliphatic rings. The van der Waals surface area contributed by atoms with Crippen molar-refractivity contribution in [1.82, 2.24) is 0 Å². The van der Waals surface area contributed by atoms with E-state index in [1.165, 1.54) is 0 Å². The molecule has 7 unspecified atom stereocenters. The molecule has 0 N–H and O–H groups in total. The van der Waals surface area contributed by atoms with Gasteiger partial charge in [0.25, 0.3) is 0 Å². The van der Waals surface area contributed by atoms with Crippen LogP contribution in [-0.2, 0) is 37.9 Å². The van der Waals surface area contributed by atoms with E-state index in [1.807, 2.05) is 55.4 Å². The van der Waals surface area contributed by atoms with E-state index in [4.69, 9.17) is 37.9 Å². The Labute approximate surface area is 217 Å². The van der Waals surface area contributed by atoms with Gasteiger partial charge < -0.3 is 37.9 Å². The van der Waals surface area contributed by atoms with Crippen molar-refractivity contribution in [2.45, 2.75) is 161 Å². The summed E-state index contributed by atoms with van der Waals surface area (Å²) >= 11 is 0. The Hall–Kier alpha value is -0.320. The molecule has 36 heavy (non-hydrogen) atoms. The molecule has 8 nitrogen and oxygen atoms in total. The van der Waals surface area contributed by atoms with Crippen LogP contribution in [0.15, 0.2) is 0 Å². The SMILES string of the molecule is CCC(CCCC1OC(C)(C)OC1C1COC(C)(C)O1)CCC1OC(C)(C)OC1C1COC(C)(C)O1. The molecular weight excluding hydrogens is 464 g/mol. The number of hydrogen-bond acceptors (Lipinski definition) is 8. The zero-order valence-electron chi connectivity index (χ0n) is 24.0. The molecule has 4 saturated heterocycles. The fraction of sp³-hybridized carbons (Fsp3) is 1.00. The Bertz CT molecular complexity index is 735. The second kappa shape index (κ2) is 10.7. The van der Waals surface area contributed by atoms with Crippen LogP contribution < -0.4 is 0 Å². The van der Waals surface area contributed by atoms with Gasteiger partial charge in [-0.05, 0) is 80.6 Å². The van der Waals surface area contributed by atoms with E-state index < -0.39 is 23.1 Å². The Balaban J connectivity index is 1.26. The molecule has 8 heteroatoms. The average molecular weight is 515 g/mol. The van der Waals surface area contributed by atoms with Crippen molar-refractivity contribution < 1.29 is 37.9 Å². The van der Waals surface area contributed by atoms with E-state index in [9.17, 15) is 0 Å². The van der Waals surface area contributed by atoms with Crippen LogP contribution in [-0.4, -0.2) is 73.0 Å². The molecule has 0 spiro atoms. The van der Waals surface area contributed by atoms with E-state index in [2.05, 4.69) is 6.92 Å². The molecule has 4 rings (SSSR count). The molecule has 4 aliphatic heterocycles. The number of hydrogen-bond donors (Lipinski definition) is 0. The molecule has 210 valence electrons. The van der Waals surface area contributed by atoms with Crippen LogP contribution in [0.3, 0.4) is 0 Å². The lowest BCUT2D eigenvalue weighted by Crippen LogP contribution is -2.38. The van der Waals surface area contributed by atoms with Crippen molar-refractivity contribution in [3.63, 3.8) is 0 Å². The maximum absolute atomic E-state index is 6.31. The summed E-state index contributed by atoms with van der Waals surface area (Å²) in [4.78, 5) is 0. The minimum Gasteiger partial charge on any atom is -0.348 e. The van der Waals surface area contributed by atoms with E-state index in [1.54, 1.807) is 0 Å². The van der Waals surface area contributed by atoms with E-state index in [0.29, 0.717) is 19.1 Å². The quantitative estimate of drug-likeness (QED) is 0.389. The molecule has 0 aromatic carbocycles. The average Bonchev–Trinajstić information content (AvgIpc) is 3.47. The van der Waals surface area contributed by atoms with Crippen molar-refractivity contribution in [2.24, 2.45) is 5.92 Å². The van der Waals surface area contributed by atoms with Gasteiger partial charge in [0.15, 0.2) is 23.1 Å². The first-order valence-corrected chi connectivity index (χ1v) is 14.0. The van der Waals surface area contributed by atoms with Crippen LogP contribution in [0.2, 0.25) is 0 Å². The van der Waals surface area contributed by atoms with Crippen molar-refractivity contribution in [3.05, 3.63) is 0 Å². The summed E-state index contributed by atoms with van der Waals surface area (Å²) in [5.41, 5.74) is 0. The maximum atomic E-state index is 6.31. The zero-order valence-corrected chi connectivity index (χ0v) is 24.0.